The van der Waals surface area contributed by atoms with Gasteiger partial charge >= 0.3 is 0 Å². The molecule has 15 nitrogen and oxygen atoms in total. The third-order valence-electron chi connectivity index (χ3n) is 23.9. The Morgan fingerprint density at radius 3 is 0.697 bits per heavy atom. The molecule has 9 heterocycles. The number of benzene rings is 17. The summed E-state index contributed by atoms with van der Waals surface area (Å²) in [5.74, 6) is 3.47. The molecule has 0 aliphatic carbocycles. The zero-order valence-electron chi connectivity index (χ0n) is 70.5. The second-order valence-corrected chi connectivity index (χ2v) is 32.1. The van der Waals surface area contributed by atoms with E-state index in [1.54, 1.807) is 0 Å². The summed E-state index contributed by atoms with van der Waals surface area (Å²) in [6.07, 6.45) is 0. The summed E-state index contributed by atoms with van der Waals surface area (Å²) in [5, 5.41) is 5.72. The molecule has 15 heteroatoms. The average molecular weight is 1700 g/mol. The van der Waals surface area contributed by atoms with E-state index in [4.69, 9.17) is 71.4 Å². The topological polar surface area (TPSA) is 195 Å². The molecule has 620 valence electrons. The van der Waals surface area contributed by atoms with Gasteiger partial charge in [0.25, 0.3) is 0 Å². The highest BCUT2D eigenvalue weighted by Crippen LogP contribution is 2.47. The highest BCUT2D eigenvalue weighted by Gasteiger charge is 2.27. The van der Waals surface area contributed by atoms with Crippen molar-refractivity contribution in [1.29, 1.82) is 0 Å². The molecule has 0 radical (unpaired) electrons. The van der Waals surface area contributed by atoms with Crippen LogP contribution in [-0.2, 0) is 0 Å². The minimum atomic E-state index is 0.523. The van der Waals surface area contributed by atoms with E-state index in [1.807, 2.05) is 237 Å². The van der Waals surface area contributed by atoms with Gasteiger partial charge in [0.05, 0.1) is 50.9 Å². The number of rotatable bonds is 14. The molecule has 0 unspecified atom stereocenters. The standard InChI is InChI=1S/2C41H25N3O2.C35H21N3O2/c1-3-12-26(13-4-1)28-16-9-17-29(24-28)35-25-34(27-14-5-2-6-15-27)42-40(43-35)31-19-11-23-37-38(31)30-18-10-20-32(39(30)45-37)41-44-33-21-7-8-22-36(33)46-41;1-3-11-26(12-4-1)27-21-23-29(24-22-27)35-25-34(28-13-5-2-6-14-28)42-40(43-35)31-16-10-20-37-38(31)30-15-9-17-32(39(30)45-37)41-44-33-18-7-8-19-36(33)46-41;1-3-11-22(12-4-1)28-21-29(23-13-5-2-6-14-23)37-34(36-28)25-16-10-20-31-32(25)24-15-9-17-26(33(24)39-31)35-38-27-18-7-8-19-30(27)40-35/h2*1-25H;1-21H. The maximum absolute atomic E-state index is 6.54. The van der Waals surface area contributed by atoms with Crippen LogP contribution in [0.4, 0.5) is 0 Å². The maximum Gasteiger partial charge on any atom is 0.231 e. The van der Waals surface area contributed by atoms with E-state index >= 15 is 0 Å². The zero-order valence-corrected chi connectivity index (χ0v) is 70.5. The van der Waals surface area contributed by atoms with Crippen molar-refractivity contribution in [2.75, 3.05) is 0 Å². The maximum atomic E-state index is 6.54. The molecule has 132 heavy (non-hydrogen) atoms. The minimum absolute atomic E-state index is 0.523. The summed E-state index contributed by atoms with van der Waals surface area (Å²) in [4.78, 5) is 45.0. The van der Waals surface area contributed by atoms with Gasteiger partial charge in [-0.1, -0.05) is 334 Å². The summed E-state index contributed by atoms with van der Waals surface area (Å²) in [6.45, 7) is 0. The van der Waals surface area contributed by atoms with Crippen LogP contribution in [-0.4, -0.2) is 44.9 Å². The number of hydrogen-bond acceptors (Lipinski definition) is 15. The Bertz CT molecular complexity index is 8680. The Morgan fingerprint density at radius 2 is 0.371 bits per heavy atom. The number of para-hydroxylation sites is 9. The van der Waals surface area contributed by atoms with E-state index in [-0.39, 0.29) is 0 Å². The molecular formula is C117H71N9O6. The van der Waals surface area contributed by atoms with Gasteiger partial charge in [-0.2, -0.15) is 0 Å². The van der Waals surface area contributed by atoms with Gasteiger partial charge in [0.1, 0.15) is 50.0 Å². The largest absolute Gasteiger partial charge is 0.455 e. The van der Waals surface area contributed by atoms with Crippen molar-refractivity contribution in [3.8, 4) is 158 Å². The van der Waals surface area contributed by atoms with Crippen LogP contribution in [0, 0.1) is 0 Å². The van der Waals surface area contributed by atoms with Gasteiger partial charge < -0.3 is 26.5 Å². The van der Waals surface area contributed by atoms with Gasteiger partial charge in [-0.15, -0.1) is 0 Å². The number of furan rings is 3. The van der Waals surface area contributed by atoms with Crippen molar-refractivity contribution in [1.82, 2.24) is 44.9 Å². The molecule has 26 aromatic rings. The van der Waals surface area contributed by atoms with Crippen LogP contribution in [0.3, 0.4) is 0 Å². The molecule has 0 amide bonds. The molecule has 26 rings (SSSR count). The van der Waals surface area contributed by atoms with E-state index in [1.165, 1.54) is 5.56 Å². The third kappa shape index (κ3) is 14.6. The van der Waals surface area contributed by atoms with Crippen molar-refractivity contribution in [3.63, 3.8) is 0 Å². The first-order chi connectivity index (χ1) is 65.4. The van der Waals surface area contributed by atoms with Crippen LogP contribution in [0.15, 0.2) is 457 Å². The van der Waals surface area contributed by atoms with Crippen molar-refractivity contribution >= 4 is 99.1 Å². The monoisotopic (exact) mass is 1700 g/mol. The van der Waals surface area contributed by atoms with Crippen LogP contribution in [0.2, 0.25) is 0 Å². The van der Waals surface area contributed by atoms with E-state index < -0.39 is 0 Å². The van der Waals surface area contributed by atoms with Crippen molar-refractivity contribution < 1.29 is 26.5 Å². The predicted octanol–water partition coefficient (Wildman–Crippen LogP) is 30.9. The summed E-state index contributed by atoms with van der Waals surface area (Å²) in [7, 11) is 0. The fraction of sp³-hybridized carbons (Fsp3) is 0. The molecule has 0 bridgehead atoms. The molecule has 0 N–H and O–H groups in total. The van der Waals surface area contributed by atoms with E-state index in [9.17, 15) is 0 Å². The Labute approximate surface area is 754 Å². The van der Waals surface area contributed by atoms with Crippen LogP contribution in [0.5, 0.6) is 0 Å². The molecule has 0 spiro atoms. The van der Waals surface area contributed by atoms with Gasteiger partial charge in [-0.05, 0) is 119 Å². The molecular weight excluding hydrogens is 1630 g/mol. The molecule has 9 aromatic heterocycles. The Kier molecular flexibility index (Phi) is 19.5. The normalized spacial score (nSPS) is 11.5. The van der Waals surface area contributed by atoms with Crippen LogP contribution >= 0.6 is 0 Å². The van der Waals surface area contributed by atoms with Crippen molar-refractivity contribution in [2.24, 2.45) is 0 Å². The fourth-order valence-electron chi connectivity index (χ4n) is 17.5. The van der Waals surface area contributed by atoms with E-state index in [0.29, 0.717) is 46.3 Å². The van der Waals surface area contributed by atoms with Crippen LogP contribution in [0.1, 0.15) is 0 Å². The number of fused-ring (bicyclic) bond motifs is 12. The van der Waals surface area contributed by atoms with Gasteiger partial charge in [-0.25, -0.2) is 44.9 Å². The van der Waals surface area contributed by atoms with Crippen LogP contribution < -0.4 is 0 Å². The molecule has 0 aliphatic heterocycles. The first-order valence-electron chi connectivity index (χ1n) is 43.5. The molecule has 0 aliphatic rings. The van der Waals surface area contributed by atoms with Crippen LogP contribution in [0.25, 0.3) is 257 Å². The lowest BCUT2D eigenvalue weighted by atomic mass is 10.00. The minimum Gasteiger partial charge on any atom is -0.455 e. The van der Waals surface area contributed by atoms with Gasteiger partial charge in [0.15, 0.2) is 34.2 Å². The van der Waals surface area contributed by atoms with Gasteiger partial charge in [0.2, 0.25) is 17.7 Å². The SMILES string of the molecule is c1ccc(-c2cc(-c3ccccc3)nc(-c3cccc4oc5c(-c6nc7ccccc7o6)cccc5c34)n2)cc1.c1ccc(-c2ccc(-c3cc(-c4ccccc4)nc(-c4cccc5oc6c(-c7nc8ccccc8o7)cccc6c45)n3)cc2)cc1.c1ccc(-c2cccc(-c3cc(-c4ccccc4)nc(-c4cccc5oc6c(-c7nc8ccccc8o7)cccc6c45)n3)c2)cc1. The first-order valence-corrected chi connectivity index (χ1v) is 43.5. The Hall–Kier alpha value is -18.2. The molecule has 0 atom stereocenters. The molecule has 0 saturated carbocycles. The van der Waals surface area contributed by atoms with E-state index in [2.05, 4.69) is 194 Å². The number of hydrogen-bond donors (Lipinski definition) is 0. The molecule has 0 saturated heterocycles. The summed E-state index contributed by atoms with van der Waals surface area (Å²) < 4.78 is 37.9. The Morgan fingerprint density at radius 1 is 0.144 bits per heavy atom. The second-order valence-electron chi connectivity index (χ2n) is 32.1. The number of aromatic nitrogens is 9. The number of nitrogens with zero attached hydrogens (tertiary/aromatic N) is 9. The lowest BCUT2D eigenvalue weighted by molar-refractivity contribution is 0.614. The zero-order chi connectivity index (χ0) is 87.4. The quantitative estimate of drug-likeness (QED) is 0.0996. The second kappa shape index (κ2) is 33.3. The highest BCUT2D eigenvalue weighted by atomic mass is 16.4. The van der Waals surface area contributed by atoms with E-state index in [0.717, 1.165) is 206 Å². The third-order valence-corrected chi connectivity index (χ3v) is 23.9. The number of oxazole rings is 3. The molecule has 17 aromatic carbocycles. The summed E-state index contributed by atoms with van der Waals surface area (Å²) in [5.41, 5.74) is 30.0. The smallest absolute Gasteiger partial charge is 0.231 e. The first kappa shape index (κ1) is 77.4. The summed E-state index contributed by atoms with van der Waals surface area (Å²) >= 11 is 0. The van der Waals surface area contributed by atoms with Crippen molar-refractivity contribution in [3.05, 3.63) is 431 Å². The highest BCUT2D eigenvalue weighted by molar-refractivity contribution is 6.17. The predicted molar refractivity (Wildman–Crippen MR) is 527 cm³/mol. The summed E-state index contributed by atoms with van der Waals surface area (Å²) in [6, 6.07) is 145. The Balaban J connectivity index is 0.000000110. The van der Waals surface area contributed by atoms with Gasteiger partial charge in [0, 0.05) is 82.4 Å². The van der Waals surface area contributed by atoms with Gasteiger partial charge in [-0.3, -0.25) is 0 Å². The fourth-order valence-corrected chi connectivity index (χ4v) is 17.5. The lowest BCUT2D eigenvalue weighted by Crippen LogP contribution is -1.96. The lowest BCUT2D eigenvalue weighted by Gasteiger charge is -2.11. The average Bonchev–Trinajstić information content (AvgIpc) is 1.58. The molecule has 0 fully saturated rings. The van der Waals surface area contributed by atoms with Crippen molar-refractivity contribution in [2.45, 2.75) is 0 Å².